The lowest BCUT2D eigenvalue weighted by atomic mass is 10.1. The Hall–Kier alpha value is -0.130. The molecule has 0 bridgehead atoms. The molecule has 0 aromatic carbocycles. The van der Waals surface area contributed by atoms with Crippen LogP contribution in [0.3, 0.4) is 0 Å². The van der Waals surface area contributed by atoms with Gasteiger partial charge in [-0.15, -0.1) is 24.0 Å². The Morgan fingerprint density at radius 2 is 1.92 bits per heavy atom. The van der Waals surface area contributed by atoms with Crippen molar-refractivity contribution in [3.05, 3.63) is 0 Å². The first-order chi connectivity index (χ1) is 11.3. The fourth-order valence-electron chi connectivity index (χ4n) is 2.55. The van der Waals surface area contributed by atoms with Crippen molar-refractivity contribution in [3.63, 3.8) is 0 Å². The van der Waals surface area contributed by atoms with E-state index in [4.69, 9.17) is 4.74 Å². The molecule has 7 nitrogen and oxygen atoms in total. The maximum absolute atomic E-state index is 11.3. The van der Waals surface area contributed by atoms with Gasteiger partial charge in [-0.2, -0.15) is 0 Å². The van der Waals surface area contributed by atoms with Crippen molar-refractivity contribution in [2.45, 2.75) is 33.2 Å². The maximum atomic E-state index is 11.3. The van der Waals surface area contributed by atoms with E-state index in [0.29, 0.717) is 12.3 Å². The standard InChI is InChI=1S/C16H34N4O3S.HI/c1-5-17-16(19-15(3)6-11-24(4,21)22)18-12-14(2)13-20-7-9-23-10-8-20;/h14-15H,5-13H2,1-4H3,(H2,17,18,19);1H. The van der Waals surface area contributed by atoms with Crippen molar-refractivity contribution in [2.75, 3.05) is 57.9 Å². The highest BCUT2D eigenvalue weighted by molar-refractivity contribution is 14.0. The van der Waals surface area contributed by atoms with Crippen LogP contribution in [0.5, 0.6) is 0 Å². The lowest BCUT2D eigenvalue weighted by Crippen LogP contribution is -2.43. The smallest absolute Gasteiger partial charge is 0.191 e. The molecule has 0 spiro atoms. The molecule has 0 amide bonds. The van der Waals surface area contributed by atoms with Crippen LogP contribution in [0, 0.1) is 5.92 Å². The number of aliphatic imine (C=N–C) groups is 1. The highest BCUT2D eigenvalue weighted by atomic mass is 127. The molecule has 25 heavy (non-hydrogen) atoms. The van der Waals surface area contributed by atoms with Crippen LogP contribution < -0.4 is 10.6 Å². The highest BCUT2D eigenvalue weighted by Gasteiger charge is 2.14. The van der Waals surface area contributed by atoms with E-state index in [1.807, 2.05) is 13.8 Å². The van der Waals surface area contributed by atoms with Gasteiger partial charge in [0.2, 0.25) is 0 Å². The molecule has 0 radical (unpaired) electrons. The van der Waals surface area contributed by atoms with Gasteiger partial charge >= 0.3 is 0 Å². The van der Waals surface area contributed by atoms with E-state index in [1.165, 1.54) is 6.26 Å². The third-order valence-electron chi connectivity index (χ3n) is 3.88. The zero-order chi connectivity index (χ0) is 18.0. The normalized spacial score (nSPS) is 19.0. The zero-order valence-electron chi connectivity index (χ0n) is 16.0. The Morgan fingerprint density at radius 1 is 1.28 bits per heavy atom. The van der Waals surface area contributed by atoms with Crippen molar-refractivity contribution in [1.29, 1.82) is 0 Å². The lowest BCUT2D eigenvalue weighted by molar-refractivity contribution is 0.0323. The summed E-state index contributed by atoms with van der Waals surface area (Å²) in [5, 5.41) is 6.52. The van der Waals surface area contributed by atoms with Crippen LogP contribution >= 0.6 is 24.0 Å². The molecule has 0 saturated carbocycles. The van der Waals surface area contributed by atoms with Crippen LogP contribution in [0.15, 0.2) is 4.99 Å². The molecule has 1 heterocycles. The minimum Gasteiger partial charge on any atom is -0.379 e. The number of rotatable bonds is 9. The number of guanidine groups is 1. The van der Waals surface area contributed by atoms with E-state index in [-0.39, 0.29) is 35.8 Å². The Bertz CT molecular complexity index is 482. The fourth-order valence-corrected chi connectivity index (χ4v) is 3.33. The Labute approximate surface area is 170 Å². The topological polar surface area (TPSA) is 83.0 Å². The number of morpholine rings is 1. The van der Waals surface area contributed by atoms with Gasteiger partial charge in [0.1, 0.15) is 9.84 Å². The molecule has 2 unspecified atom stereocenters. The van der Waals surface area contributed by atoms with Gasteiger partial charge in [0.25, 0.3) is 0 Å². The molecule has 1 aliphatic rings. The van der Waals surface area contributed by atoms with Crippen molar-refractivity contribution in [3.8, 4) is 0 Å². The van der Waals surface area contributed by atoms with E-state index in [1.54, 1.807) is 0 Å². The number of sulfone groups is 1. The maximum Gasteiger partial charge on any atom is 0.191 e. The predicted molar refractivity (Wildman–Crippen MR) is 115 cm³/mol. The van der Waals surface area contributed by atoms with E-state index in [2.05, 4.69) is 27.4 Å². The third kappa shape index (κ3) is 12.8. The van der Waals surface area contributed by atoms with Gasteiger partial charge in [-0.1, -0.05) is 6.92 Å². The summed E-state index contributed by atoms with van der Waals surface area (Å²) in [4.78, 5) is 7.07. The average molecular weight is 490 g/mol. The first-order valence-electron chi connectivity index (χ1n) is 8.82. The number of hydrogen-bond acceptors (Lipinski definition) is 5. The number of nitrogens with zero attached hydrogens (tertiary/aromatic N) is 2. The summed E-state index contributed by atoms with van der Waals surface area (Å²) in [5.74, 6) is 1.41. The van der Waals surface area contributed by atoms with Crippen molar-refractivity contribution in [1.82, 2.24) is 15.5 Å². The summed E-state index contributed by atoms with van der Waals surface area (Å²) < 4.78 is 27.9. The number of halogens is 1. The van der Waals surface area contributed by atoms with Crippen LogP contribution in [0.25, 0.3) is 0 Å². The van der Waals surface area contributed by atoms with Gasteiger partial charge in [0.15, 0.2) is 5.96 Å². The summed E-state index contributed by atoms with van der Waals surface area (Å²) in [7, 11) is -2.93. The van der Waals surface area contributed by atoms with E-state index >= 15 is 0 Å². The molecule has 0 aromatic heterocycles. The number of nitrogens with one attached hydrogen (secondary N) is 2. The van der Waals surface area contributed by atoms with Gasteiger partial charge in [-0.25, -0.2) is 8.42 Å². The monoisotopic (exact) mass is 490 g/mol. The van der Waals surface area contributed by atoms with Gasteiger partial charge in [-0.3, -0.25) is 9.89 Å². The first-order valence-corrected chi connectivity index (χ1v) is 10.9. The molecule has 0 aromatic rings. The van der Waals surface area contributed by atoms with E-state index < -0.39 is 9.84 Å². The quantitative estimate of drug-likeness (QED) is 0.285. The number of hydrogen-bond donors (Lipinski definition) is 2. The second kappa shape index (κ2) is 13.1. The summed E-state index contributed by atoms with van der Waals surface area (Å²) >= 11 is 0. The second-order valence-corrected chi connectivity index (χ2v) is 8.96. The summed E-state index contributed by atoms with van der Waals surface area (Å²) in [6.45, 7) is 12.4. The van der Waals surface area contributed by atoms with Gasteiger partial charge in [0, 0.05) is 45.0 Å². The van der Waals surface area contributed by atoms with E-state index in [0.717, 1.165) is 51.9 Å². The molecule has 0 aliphatic carbocycles. The van der Waals surface area contributed by atoms with Crippen LogP contribution in [0.2, 0.25) is 0 Å². The fraction of sp³-hybridized carbons (Fsp3) is 0.938. The van der Waals surface area contributed by atoms with Crippen molar-refractivity contribution >= 4 is 39.8 Å². The minimum absolute atomic E-state index is 0. The highest BCUT2D eigenvalue weighted by Crippen LogP contribution is 2.04. The summed E-state index contributed by atoms with van der Waals surface area (Å²) in [6.07, 6.45) is 1.85. The Kier molecular flexibility index (Phi) is 13.0. The second-order valence-electron chi connectivity index (χ2n) is 6.70. The summed E-state index contributed by atoms with van der Waals surface area (Å²) in [6, 6.07) is 0.0621. The van der Waals surface area contributed by atoms with E-state index in [9.17, 15) is 8.42 Å². The molecule has 2 atom stereocenters. The van der Waals surface area contributed by atoms with Gasteiger partial charge < -0.3 is 15.4 Å². The molecule has 2 N–H and O–H groups in total. The largest absolute Gasteiger partial charge is 0.379 e. The molecule has 9 heteroatoms. The Morgan fingerprint density at radius 3 is 2.48 bits per heavy atom. The number of ether oxygens (including phenoxy) is 1. The molecule has 150 valence electrons. The first kappa shape index (κ1) is 24.9. The van der Waals surface area contributed by atoms with Crippen molar-refractivity contribution in [2.24, 2.45) is 10.9 Å². The Balaban J connectivity index is 0.00000576. The molecule has 1 rings (SSSR count). The predicted octanol–water partition coefficient (Wildman–Crippen LogP) is 0.951. The molecular weight excluding hydrogens is 455 g/mol. The van der Waals surface area contributed by atoms with Crippen LogP contribution in [-0.4, -0.2) is 83.3 Å². The van der Waals surface area contributed by atoms with Crippen LogP contribution in [-0.2, 0) is 14.6 Å². The molecular formula is C16H35IN4O3S. The summed E-state index contributed by atoms with van der Waals surface area (Å²) in [5.41, 5.74) is 0. The zero-order valence-corrected chi connectivity index (χ0v) is 19.1. The van der Waals surface area contributed by atoms with Crippen LogP contribution in [0.1, 0.15) is 27.2 Å². The minimum atomic E-state index is -2.93. The van der Waals surface area contributed by atoms with Gasteiger partial charge in [0.05, 0.1) is 19.0 Å². The van der Waals surface area contributed by atoms with Crippen LogP contribution in [0.4, 0.5) is 0 Å². The molecule has 1 saturated heterocycles. The van der Waals surface area contributed by atoms with Crippen molar-refractivity contribution < 1.29 is 13.2 Å². The molecule has 1 aliphatic heterocycles. The third-order valence-corrected chi connectivity index (χ3v) is 4.86. The lowest BCUT2D eigenvalue weighted by Gasteiger charge is -2.28. The SMILES string of the molecule is CCNC(=NCC(C)CN1CCOCC1)NC(C)CCS(C)(=O)=O.I. The molecule has 1 fully saturated rings. The van der Waals surface area contributed by atoms with Gasteiger partial charge in [-0.05, 0) is 26.2 Å². The average Bonchev–Trinajstić information content (AvgIpc) is 2.51.